The monoisotopic (exact) mass is 317 g/mol. The third-order valence-corrected chi connectivity index (χ3v) is 3.49. The van der Waals surface area contributed by atoms with E-state index in [1.807, 2.05) is 30.3 Å². The van der Waals surface area contributed by atoms with Gasteiger partial charge in [0.05, 0.1) is 27.0 Å². The van der Waals surface area contributed by atoms with Crippen molar-refractivity contribution < 1.29 is 23.7 Å². The Balaban J connectivity index is 1.96. The van der Waals surface area contributed by atoms with Gasteiger partial charge in [0.25, 0.3) is 0 Å². The van der Waals surface area contributed by atoms with Crippen molar-refractivity contribution in [2.45, 2.75) is 0 Å². The van der Waals surface area contributed by atoms with Crippen molar-refractivity contribution >= 4 is 11.4 Å². The number of rotatable bonds is 5. The molecule has 6 nitrogen and oxygen atoms in total. The van der Waals surface area contributed by atoms with Crippen molar-refractivity contribution in [1.29, 1.82) is 0 Å². The molecule has 0 atom stereocenters. The Kier molecular flexibility index (Phi) is 4.32. The number of nitrogens with one attached hydrogen (secondary N) is 1. The van der Waals surface area contributed by atoms with Crippen LogP contribution in [0.5, 0.6) is 28.7 Å². The van der Waals surface area contributed by atoms with Gasteiger partial charge in [-0.1, -0.05) is 0 Å². The van der Waals surface area contributed by atoms with Gasteiger partial charge in [-0.3, -0.25) is 0 Å². The zero-order chi connectivity index (χ0) is 16.2. The van der Waals surface area contributed by atoms with E-state index in [-0.39, 0.29) is 0 Å². The predicted octanol–water partition coefficient (Wildman–Crippen LogP) is 3.23. The third kappa shape index (κ3) is 3.21. The van der Waals surface area contributed by atoms with Crippen molar-refractivity contribution in [2.24, 2.45) is 0 Å². The summed E-state index contributed by atoms with van der Waals surface area (Å²) in [6, 6.07) is 9.23. The molecule has 6 heteroatoms. The van der Waals surface area contributed by atoms with Gasteiger partial charge in [-0.05, 0) is 0 Å². The van der Waals surface area contributed by atoms with E-state index in [0.717, 1.165) is 11.4 Å². The fraction of sp³-hybridized carbons (Fsp3) is 0.294. The molecule has 2 aromatic rings. The molecule has 0 radical (unpaired) electrons. The van der Waals surface area contributed by atoms with Crippen molar-refractivity contribution in [1.82, 2.24) is 0 Å². The first-order chi connectivity index (χ1) is 11.2. The number of fused-ring (bicyclic) bond motifs is 1. The quantitative estimate of drug-likeness (QED) is 0.914. The number of benzene rings is 2. The highest BCUT2D eigenvalue weighted by atomic mass is 16.6. The van der Waals surface area contributed by atoms with Crippen LogP contribution in [0.15, 0.2) is 30.3 Å². The Morgan fingerprint density at radius 3 is 1.96 bits per heavy atom. The van der Waals surface area contributed by atoms with Gasteiger partial charge >= 0.3 is 0 Å². The van der Waals surface area contributed by atoms with E-state index < -0.39 is 0 Å². The number of hydrogen-bond donors (Lipinski definition) is 1. The maximum Gasteiger partial charge on any atom is 0.165 e. The third-order valence-electron chi connectivity index (χ3n) is 3.49. The minimum absolute atomic E-state index is 0.533. The van der Waals surface area contributed by atoms with E-state index in [1.165, 1.54) is 0 Å². The summed E-state index contributed by atoms with van der Waals surface area (Å²) in [7, 11) is 4.84. The molecular weight excluding hydrogens is 298 g/mol. The highest BCUT2D eigenvalue weighted by Crippen LogP contribution is 2.41. The zero-order valence-corrected chi connectivity index (χ0v) is 13.3. The zero-order valence-electron chi connectivity index (χ0n) is 13.3. The molecule has 1 N–H and O–H groups in total. The van der Waals surface area contributed by atoms with Crippen LogP contribution < -0.4 is 29.0 Å². The van der Waals surface area contributed by atoms with Crippen LogP contribution in [-0.2, 0) is 0 Å². The summed E-state index contributed by atoms with van der Waals surface area (Å²) in [6.45, 7) is 1.07. The van der Waals surface area contributed by atoms with Crippen molar-refractivity contribution in [3.05, 3.63) is 30.3 Å². The lowest BCUT2D eigenvalue weighted by Gasteiger charge is -2.21. The molecule has 0 unspecified atom stereocenters. The van der Waals surface area contributed by atoms with E-state index in [4.69, 9.17) is 23.7 Å². The minimum Gasteiger partial charge on any atom is -0.497 e. The van der Waals surface area contributed by atoms with Gasteiger partial charge in [0.15, 0.2) is 11.5 Å². The fourth-order valence-electron chi connectivity index (χ4n) is 2.37. The molecular formula is C17H19NO5. The van der Waals surface area contributed by atoms with Gasteiger partial charge in [0.1, 0.15) is 30.5 Å². The van der Waals surface area contributed by atoms with Gasteiger partial charge in [-0.2, -0.15) is 0 Å². The van der Waals surface area contributed by atoms with Crippen LogP contribution in [0.2, 0.25) is 0 Å². The largest absolute Gasteiger partial charge is 0.497 e. The summed E-state index contributed by atoms with van der Waals surface area (Å²) >= 11 is 0. The van der Waals surface area contributed by atoms with Gasteiger partial charge in [-0.15, -0.1) is 0 Å². The normalized spacial score (nSPS) is 12.5. The number of ether oxygens (including phenoxy) is 5. The lowest BCUT2D eigenvalue weighted by atomic mass is 10.2. The van der Waals surface area contributed by atoms with Crippen LogP contribution >= 0.6 is 0 Å². The molecule has 0 spiro atoms. The molecule has 1 aliphatic heterocycles. The number of hydrogen-bond acceptors (Lipinski definition) is 6. The summed E-state index contributed by atoms with van der Waals surface area (Å²) in [6.07, 6.45) is 0. The number of methoxy groups -OCH3 is 3. The van der Waals surface area contributed by atoms with E-state index in [0.29, 0.717) is 42.0 Å². The molecule has 0 aromatic heterocycles. The Morgan fingerprint density at radius 2 is 1.39 bits per heavy atom. The first-order valence-electron chi connectivity index (χ1n) is 7.21. The molecule has 0 saturated carbocycles. The molecule has 0 aliphatic carbocycles. The highest BCUT2D eigenvalue weighted by Gasteiger charge is 2.17. The highest BCUT2D eigenvalue weighted by molar-refractivity contribution is 5.72. The second-order valence-electron chi connectivity index (χ2n) is 4.92. The Morgan fingerprint density at radius 1 is 0.783 bits per heavy atom. The summed E-state index contributed by atoms with van der Waals surface area (Å²) in [5.74, 6) is 3.43. The van der Waals surface area contributed by atoms with E-state index >= 15 is 0 Å². The van der Waals surface area contributed by atoms with Crippen LogP contribution in [0.4, 0.5) is 11.4 Å². The smallest absolute Gasteiger partial charge is 0.165 e. The van der Waals surface area contributed by atoms with E-state index in [2.05, 4.69) is 5.32 Å². The van der Waals surface area contributed by atoms with Crippen LogP contribution in [0.3, 0.4) is 0 Å². The maximum atomic E-state index is 5.62. The molecule has 1 aliphatic rings. The summed E-state index contributed by atoms with van der Waals surface area (Å²) in [4.78, 5) is 0. The van der Waals surface area contributed by atoms with Gasteiger partial charge in [0, 0.05) is 36.0 Å². The summed E-state index contributed by atoms with van der Waals surface area (Å²) in [5.41, 5.74) is 1.59. The van der Waals surface area contributed by atoms with E-state index in [1.54, 1.807) is 21.3 Å². The Labute approximate surface area is 134 Å². The lowest BCUT2D eigenvalue weighted by molar-refractivity contribution is 0.171. The standard InChI is InChI=1S/C17H19NO5/c1-19-12-6-11(7-13(8-12)20-2)18-14-9-16-17(10-15(14)21-3)23-5-4-22-16/h6-10,18H,4-5H2,1-3H3. The average molecular weight is 317 g/mol. The molecule has 3 rings (SSSR count). The van der Waals surface area contributed by atoms with Gasteiger partial charge < -0.3 is 29.0 Å². The Hall–Kier alpha value is -2.76. The van der Waals surface area contributed by atoms with Crippen LogP contribution in [0.1, 0.15) is 0 Å². The average Bonchev–Trinajstić information content (AvgIpc) is 2.60. The van der Waals surface area contributed by atoms with Gasteiger partial charge in [0.2, 0.25) is 0 Å². The molecule has 0 fully saturated rings. The molecule has 0 saturated heterocycles. The molecule has 23 heavy (non-hydrogen) atoms. The van der Waals surface area contributed by atoms with Crippen LogP contribution in [0.25, 0.3) is 0 Å². The SMILES string of the molecule is COc1cc(Nc2cc3c(cc2OC)OCCO3)cc(OC)c1. The lowest BCUT2D eigenvalue weighted by Crippen LogP contribution is -2.15. The van der Waals surface area contributed by atoms with Crippen LogP contribution in [0, 0.1) is 0 Å². The maximum absolute atomic E-state index is 5.62. The summed E-state index contributed by atoms with van der Waals surface area (Å²) < 4.78 is 27.2. The topological polar surface area (TPSA) is 58.2 Å². The molecule has 1 heterocycles. The summed E-state index contributed by atoms with van der Waals surface area (Å²) in [5, 5.41) is 3.30. The fourth-order valence-corrected chi connectivity index (χ4v) is 2.37. The molecule has 122 valence electrons. The Bertz CT molecular complexity index is 679. The molecule has 2 aromatic carbocycles. The first kappa shape index (κ1) is 15.1. The number of anilines is 2. The minimum atomic E-state index is 0.533. The van der Waals surface area contributed by atoms with Crippen molar-refractivity contribution in [3.63, 3.8) is 0 Å². The second-order valence-corrected chi connectivity index (χ2v) is 4.92. The van der Waals surface area contributed by atoms with Crippen molar-refractivity contribution in [3.8, 4) is 28.7 Å². The molecule has 0 bridgehead atoms. The van der Waals surface area contributed by atoms with E-state index in [9.17, 15) is 0 Å². The predicted molar refractivity (Wildman–Crippen MR) is 86.8 cm³/mol. The van der Waals surface area contributed by atoms with Gasteiger partial charge in [-0.25, -0.2) is 0 Å². The molecule has 0 amide bonds. The first-order valence-corrected chi connectivity index (χ1v) is 7.21. The van der Waals surface area contributed by atoms with Crippen LogP contribution in [-0.4, -0.2) is 34.5 Å². The second kappa shape index (κ2) is 6.56. The van der Waals surface area contributed by atoms with Crippen molar-refractivity contribution in [2.75, 3.05) is 39.9 Å².